The Morgan fingerprint density at radius 1 is 1.27 bits per heavy atom. The zero-order chi connectivity index (χ0) is 10.5. The van der Waals surface area contributed by atoms with Gasteiger partial charge in [-0.2, -0.15) is 0 Å². The maximum Gasteiger partial charge on any atom is 0.0983 e. The van der Waals surface area contributed by atoms with Gasteiger partial charge in [0.1, 0.15) is 0 Å². The van der Waals surface area contributed by atoms with Crippen molar-refractivity contribution in [1.29, 1.82) is 0 Å². The van der Waals surface area contributed by atoms with Crippen LogP contribution in [0.4, 0.5) is 5.69 Å². The van der Waals surface area contributed by atoms with Crippen molar-refractivity contribution >= 4 is 5.69 Å². The van der Waals surface area contributed by atoms with Crippen LogP contribution < -0.4 is 4.90 Å². The predicted octanol–water partition coefficient (Wildman–Crippen LogP) is 1.54. The molecule has 0 saturated carbocycles. The van der Waals surface area contributed by atoms with Crippen LogP contribution in [0.3, 0.4) is 0 Å². The average molecular weight is 207 g/mol. The number of benzene rings is 1. The molecule has 0 N–H and O–H groups in total. The van der Waals surface area contributed by atoms with Crippen LogP contribution >= 0.6 is 0 Å². The maximum atomic E-state index is 5.60. The molecular formula is C12H17NO2. The Morgan fingerprint density at radius 2 is 2.07 bits per heavy atom. The zero-order valence-corrected chi connectivity index (χ0v) is 9.06. The molecule has 1 aliphatic heterocycles. The second kappa shape index (κ2) is 5.14. The quantitative estimate of drug-likeness (QED) is 0.750. The van der Waals surface area contributed by atoms with Crippen molar-refractivity contribution in [3.8, 4) is 0 Å². The topological polar surface area (TPSA) is 21.7 Å². The summed E-state index contributed by atoms with van der Waals surface area (Å²) >= 11 is 0. The molecule has 1 saturated heterocycles. The summed E-state index contributed by atoms with van der Waals surface area (Å²) in [6.45, 7) is 3.03. The first kappa shape index (κ1) is 10.5. The molecule has 0 spiro atoms. The van der Waals surface area contributed by atoms with Gasteiger partial charge in [-0.3, -0.25) is 0 Å². The van der Waals surface area contributed by atoms with Crippen molar-refractivity contribution in [3.05, 3.63) is 30.3 Å². The first-order valence-corrected chi connectivity index (χ1v) is 5.32. The highest BCUT2D eigenvalue weighted by molar-refractivity contribution is 5.45. The van der Waals surface area contributed by atoms with E-state index in [0.29, 0.717) is 13.2 Å². The number of nitrogens with zero attached hydrogens (tertiary/aromatic N) is 1. The van der Waals surface area contributed by atoms with Crippen LogP contribution in [0.1, 0.15) is 0 Å². The highest BCUT2D eigenvalue weighted by Crippen LogP contribution is 2.12. The Labute approximate surface area is 90.6 Å². The fourth-order valence-electron chi connectivity index (χ4n) is 1.74. The van der Waals surface area contributed by atoms with Gasteiger partial charge in [0, 0.05) is 19.3 Å². The van der Waals surface area contributed by atoms with Crippen LogP contribution in [-0.4, -0.2) is 39.5 Å². The Morgan fingerprint density at radius 3 is 2.73 bits per heavy atom. The summed E-state index contributed by atoms with van der Waals surface area (Å²) in [7, 11) is 2.08. The third-order valence-corrected chi connectivity index (χ3v) is 2.56. The minimum absolute atomic E-state index is 0.198. The molecule has 1 fully saturated rings. The van der Waals surface area contributed by atoms with Gasteiger partial charge >= 0.3 is 0 Å². The summed E-state index contributed by atoms with van der Waals surface area (Å²) in [6, 6.07) is 10.3. The van der Waals surface area contributed by atoms with Gasteiger partial charge < -0.3 is 14.4 Å². The molecular weight excluding hydrogens is 190 g/mol. The molecule has 0 amide bonds. The molecule has 3 nitrogen and oxygen atoms in total. The van der Waals surface area contributed by atoms with E-state index in [1.807, 2.05) is 18.2 Å². The summed E-state index contributed by atoms with van der Waals surface area (Å²) < 4.78 is 11.0. The van der Waals surface area contributed by atoms with E-state index in [9.17, 15) is 0 Å². The molecule has 15 heavy (non-hydrogen) atoms. The normalized spacial score (nSPS) is 21.3. The Hall–Kier alpha value is -1.06. The first-order chi connectivity index (χ1) is 7.36. The van der Waals surface area contributed by atoms with Crippen LogP contribution in [0.15, 0.2) is 30.3 Å². The number of rotatable bonds is 3. The van der Waals surface area contributed by atoms with E-state index >= 15 is 0 Å². The molecule has 3 heteroatoms. The van der Waals surface area contributed by atoms with E-state index in [2.05, 4.69) is 24.1 Å². The molecule has 1 heterocycles. The lowest BCUT2D eigenvalue weighted by atomic mass is 10.2. The minimum atomic E-state index is 0.198. The van der Waals surface area contributed by atoms with E-state index in [1.165, 1.54) is 5.69 Å². The average Bonchev–Trinajstić information content (AvgIpc) is 2.31. The van der Waals surface area contributed by atoms with Gasteiger partial charge in [0.2, 0.25) is 0 Å². The smallest absolute Gasteiger partial charge is 0.0983 e. The van der Waals surface area contributed by atoms with E-state index in [-0.39, 0.29) is 6.10 Å². The zero-order valence-electron chi connectivity index (χ0n) is 9.06. The van der Waals surface area contributed by atoms with Crippen LogP contribution in [-0.2, 0) is 9.47 Å². The molecule has 1 aromatic carbocycles. The fourth-order valence-corrected chi connectivity index (χ4v) is 1.74. The van der Waals surface area contributed by atoms with E-state index < -0.39 is 0 Å². The van der Waals surface area contributed by atoms with Crippen LogP contribution in [0.5, 0.6) is 0 Å². The van der Waals surface area contributed by atoms with Crippen molar-refractivity contribution in [3.63, 3.8) is 0 Å². The molecule has 1 unspecified atom stereocenters. The number of anilines is 1. The fraction of sp³-hybridized carbons (Fsp3) is 0.500. The first-order valence-electron chi connectivity index (χ1n) is 5.32. The highest BCUT2D eigenvalue weighted by Gasteiger charge is 2.16. The van der Waals surface area contributed by atoms with Gasteiger partial charge in [0.15, 0.2) is 0 Å². The number of hydrogen-bond donors (Lipinski definition) is 0. The Balaban J connectivity index is 1.88. The maximum absolute atomic E-state index is 5.60. The van der Waals surface area contributed by atoms with Crippen molar-refractivity contribution in [2.45, 2.75) is 6.10 Å². The third-order valence-electron chi connectivity index (χ3n) is 2.56. The van der Waals surface area contributed by atoms with Crippen molar-refractivity contribution in [2.24, 2.45) is 0 Å². The van der Waals surface area contributed by atoms with Crippen molar-refractivity contribution in [2.75, 3.05) is 38.3 Å². The van der Waals surface area contributed by atoms with Crippen LogP contribution in [0.25, 0.3) is 0 Å². The lowest BCUT2D eigenvalue weighted by molar-refractivity contribution is -0.0837. The van der Waals surface area contributed by atoms with E-state index in [4.69, 9.17) is 9.47 Å². The lowest BCUT2D eigenvalue weighted by Gasteiger charge is -2.28. The van der Waals surface area contributed by atoms with Gasteiger partial charge in [-0.25, -0.2) is 0 Å². The molecule has 0 aliphatic carbocycles. The number of likely N-dealkylation sites (N-methyl/N-ethyl adjacent to an activating group) is 1. The van der Waals surface area contributed by atoms with Gasteiger partial charge in [-0.1, -0.05) is 18.2 Å². The second-order valence-corrected chi connectivity index (χ2v) is 3.78. The molecule has 0 radical (unpaired) electrons. The van der Waals surface area contributed by atoms with Crippen molar-refractivity contribution < 1.29 is 9.47 Å². The lowest BCUT2D eigenvalue weighted by Crippen LogP contribution is -2.38. The Kier molecular flexibility index (Phi) is 3.59. The van der Waals surface area contributed by atoms with Gasteiger partial charge in [-0.15, -0.1) is 0 Å². The standard InChI is InChI=1S/C12H17NO2/c1-13(11-5-3-2-4-6-11)9-12-10-14-7-8-15-12/h2-6,12H,7-10H2,1H3. The van der Waals surface area contributed by atoms with Gasteiger partial charge in [0.25, 0.3) is 0 Å². The highest BCUT2D eigenvalue weighted by atomic mass is 16.6. The summed E-state index contributed by atoms with van der Waals surface area (Å²) in [5.74, 6) is 0. The van der Waals surface area contributed by atoms with Crippen LogP contribution in [0.2, 0.25) is 0 Å². The summed E-state index contributed by atoms with van der Waals surface area (Å²) in [5, 5.41) is 0. The van der Waals surface area contributed by atoms with Gasteiger partial charge in [-0.05, 0) is 12.1 Å². The monoisotopic (exact) mass is 207 g/mol. The molecule has 0 bridgehead atoms. The molecule has 2 rings (SSSR count). The summed E-state index contributed by atoms with van der Waals surface area (Å²) in [6.07, 6.45) is 0.198. The largest absolute Gasteiger partial charge is 0.376 e. The molecule has 82 valence electrons. The number of para-hydroxylation sites is 1. The molecule has 1 atom stereocenters. The minimum Gasteiger partial charge on any atom is -0.376 e. The van der Waals surface area contributed by atoms with Gasteiger partial charge in [0.05, 0.1) is 25.9 Å². The van der Waals surface area contributed by atoms with E-state index in [0.717, 1.165) is 13.2 Å². The SMILES string of the molecule is CN(CC1COCCO1)c1ccccc1. The second-order valence-electron chi connectivity index (χ2n) is 3.78. The third kappa shape index (κ3) is 2.94. The van der Waals surface area contributed by atoms with Crippen LogP contribution in [0, 0.1) is 0 Å². The summed E-state index contributed by atoms with van der Waals surface area (Å²) in [4.78, 5) is 2.19. The summed E-state index contributed by atoms with van der Waals surface area (Å²) in [5.41, 5.74) is 1.21. The molecule has 1 aromatic rings. The number of ether oxygens (including phenoxy) is 2. The predicted molar refractivity (Wildman–Crippen MR) is 60.3 cm³/mol. The van der Waals surface area contributed by atoms with Crippen molar-refractivity contribution in [1.82, 2.24) is 0 Å². The Bertz CT molecular complexity index is 283. The number of hydrogen-bond acceptors (Lipinski definition) is 3. The molecule has 0 aromatic heterocycles. The van der Waals surface area contributed by atoms with E-state index in [1.54, 1.807) is 0 Å². The molecule has 1 aliphatic rings.